The van der Waals surface area contributed by atoms with Gasteiger partial charge in [-0.3, -0.25) is 9.59 Å². The molecule has 1 aliphatic rings. The molecule has 1 N–H and O–H groups in total. The summed E-state index contributed by atoms with van der Waals surface area (Å²) in [5.41, 5.74) is 0. The Bertz CT molecular complexity index is 396. The van der Waals surface area contributed by atoms with Gasteiger partial charge >= 0.3 is 0 Å². The number of hydrogen-bond acceptors (Lipinski definition) is 6. The number of ether oxygens (including phenoxy) is 4. The van der Waals surface area contributed by atoms with E-state index in [9.17, 15) is 9.59 Å². The predicted molar refractivity (Wildman–Crippen MR) is 103 cm³/mol. The van der Waals surface area contributed by atoms with Gasteiger partial charge < -0.3 is 24.3 Å². The van der Waals surface area contributed by atoms with Gasteiger partial charge in [0.25, 0.3) is 0 Å². The number of ketones is 1. The van der Waals surface area contributed by atoms with E-state index < -0.39 is 0 Å². The Morgan fingerprint density at radius 1 is 0.815 bits per heavy atom. The van der Waals surface area contributed by atoms with Crippen molar-refractivity contribution < 1.29 is 28.5 Å². The van der Waals surface area contributed by atoms with Crippen molar-refractivity contribution >= 4 is 11.7 Å². The van der Waals surface area contributed by atoms with Crippen molar-refractivity contribution in [3.8, 4) is 0 Å². The Morgan fingerprint density at radius 3 is 1.85 bits per heavy atom. The maximum Gasteiger partial charge on any atom is 0.222 e. The molecule has 0 radical (unpaired) electrons. The van der Waals surface area contributed by atoms with Crippen molar-refractivity contribution in [2.45, 2.75) is 46.0 Å². The second-order valence-electron chi connectivity index (χ2n) is 6.92. The first-order chi connectivity index (χ1) is 13.1. The first-order valence-electron chi connectivity index (χ1n) is 10.2. The molecule has 0 aromatic carbocycles. The molecule has 1 aliphatic carbocycles. The molecule has 27 heavy (non-hydrogen) atoms. The second kappa shape index (κ2) is 16.0. The Kier molecular flexibility index (Phi) is 14.2. The lowest BCUT2D eigenvalue weighted by molar-refractivity contribution is -0.123. The lowest BCUT2D eigenvalue weighted by atomic mass is 9.80. The van der Waals surface area contributed by atoms with Gasteiger partial charge in [0.1, 0.15) is 5.78 Å². The number of Topliss-reactive ketones (excluding diaryl/α,β-unsaturated/α-hetero) is 1. The minimum absolute atomic E-state index is 0.0207. The Hall–Kier alpha value is -1.02. The molecular weight excluding hydrogens is 350 g/mol. The summed E-state index contributed by atoms with van der Waals surface area (Å²) in [6.45, 7) is 8.68. The molecule has 1 saturated carbocycles. The highest BCUT2D eigenvalue weighted by molar-refractivity contribution is 5.78. The zero-order chi connectivity index (χ0) is 19.7. The molecule has 1 rings (SSSR count). The van der Waals surface area contributed by atoms with Gasteiger partial charge in [0.2, 0.25) is 5.91 Å². The zero-order valence-electron chi connectivity index (χ0n) is 17.0. The van der Waals surface area contributed by atoms with Crippen LogP contribution >= 0.6 is 0 Å². The molecule has 158 valence electrons. The van der Waals surface area contributed by atoms with Gasteiger partial charge in [0.05, 0.1) is 46.2 Å². The summed E-state index contributed by atoms with van der Waals surface area (Å²) in [6, 6.07) is 0. The van der Waals surface area contributed by atoms with Crippen LogP contribution in [0.4, 0.5) is 0 Å². The molecular formula is C20H37NO6. The average molecular weight is 388 g/mol. The molecule has 0 bridgehead atoms. The zero-order valence-corrected chi connectivity index (χ0v) is 17.0. The van der Waals surface area contributed by atoms with Crippen molar-refractivity contribution in [1.29, 1.82) is 0 Å². The Balaban J connectivity index is 1.84. The van der Waals surface area contributed by atoms with Crippen molar-refractivity contribution in [1.82, 2.24) is 5.32 Å². The number of carbonyl (C=O) groups is 2. The van der Waals surface area contributed by atoms with Crippen LogP contribution in [0.25, 0.3) is 0 Å². The number of hydrogen-bond donors (Lipinski definition) is 1. The lowest BCUT2D eigenvalue weighted by Crippen LogP contribution is -2.32. The van der Waals surface area contributed by atoms with Gasteiger partial charge in [-0.05, 0) is 45.4 Å². The summed E-state index contributed by atoms with van der Waals surface area (Å²) < 4.78 is 21.3. The third kappa shape index (κ3) is 12.9. The highest BCUT2D eigenvalue weighted by Crippen LogP contribution is 2.28. The van der Waals surface area contributed by atoms with Crippen LogP contribution in [-0.2, 0) is 28.5 Å². The molecule has 1 fully saturated rings. The average Bonchev–Trinajstić information content (AvgIpc) is 2.67. The molecule has 0 unspecified atom stereocenters. The number of rotatable bonds is 16. The van der Waals surface area contributed by atoms with E-state index in [1.807, 2.05) is 6.92 Å². The highest BCUT2D eigenvalue weighted by Gasteiger charge is 2.23. The van der Waals surface area contributed by atoms with Gasteiger partial charge in [-0.15, -0.1) is 0 Å². The molecule has 0 saturated heterocycles. The van der Waals surface area contributed by atoms with E-state index in [0.717, 1.165) is 25.7 Å². The van der Waals surface area contributed by atoms with Crippen LogP contribution in [0.1, 0.15) is 46.0 Å². The third-order valence-electron chi connectivity index (χ3n) is 4.80. The van der Waals surface area contributed by atoms with Crippen LogP contribution in [0, 0.1) is 11.8 Å². The fourth-order valence-corrected chi connectivity index (χ4v) is 3.09. The SMILES string of the molecule is CCOCCOCCOCCOCCC(=O)NCC1CCC(C(C)=O)CC1. The maximum absolute atomic E-state index is 11.8. The predicted octanol–water partition coefficient (Wildman–Crippen LogP) is 1.97. The summed E-state index contributed by atoms with van der Waals surface area (Å²) in [4.78, 5) is 23.2. The first kappa shape index (κ1) is 24.0. The Labute approximate surface area is 163 Å². The third-order valence-corrected chi connectivity index (χ3v) is 4.80. The minimum Gasteiger partial charge on any atom is -0.379 e. The topological polar surface area (TPSA) is 83.1 Å². The van der Waals surface area contributed by atoms with E-state index in [4.69, 9.17) is 18.9 Å². The molecule has 7 heteroatoms. The van der Waals surface area contributed by atoms with Crippen LogP contribution in [0.3, 0.4) is 0 Å². The van der Waals surface area contributed by atoms with E-state index in [-0.39, 0.29) is 11.8 Å². The van der Waals surface area contributed by atoms with Crippen molar-refractivity contribution in [2.24, 2.45) is 11.8 Å². The van der Waals surface area contributed by atoms with Gasteiger partial charge in [-0.2, -0.15) is 0 Å². The maximum atomic E-state index is 11.8. The lowest BCUT2D eigenvalue weighted by Gasteiger charge is -2.27. The summed E-state index contributed by atoms with van der Waals surface area (Å²) in [7, 11) is 0. The van der Waals surface area contributed by atoms with Crippen molar-refractivity contribution in [2.75, 3.05) is 59.4 Å². The molecule has 7 nitrogen and oxygen atoms in total. The van der Waals surface area contributed by atoms with Gasteiger partial charge in [0, 0.05) is 25.5 Å². The smallest absolute Gasteiger partial charge is 0.222 e. The highest BCUT2D eigenvalue weighted by atomic mass is 16.6. The van der Waals surface area contributed by atoms with Gasteiger partial charge in [0.15, 0.2) is 0 Å². The fourth-order valence-electron chi connectivity index (χ4n) is 3.09. The molecule has 0 atom stereocenters. The number of amides is 1. The fraction of sp³-hybridized carbons (Fsp3) is 0.900. The summed E-state index contributed by atoms with van der Waals surface area (Å²) in [5.74, 6) is 1.05. The molecule has 0 aliphatic heterocycles. The number of nitrogens with one attached hydrogen (secondary N) is 1. The van der Waals surface area contributed by atoms with Crippen molar-refractivity contribution in [3.05, 3.63) is 0 Å². The van der Waals surface area contributed by atoms with Gasteiger partial charge in [-0.25, -0.2) is 0 Å². The minimum atomic E-state index is 0.0207. The van der Waals surface area contributed by atoms with Crippen molar-refractivity contribution in [3.63, 3.8) is 0 Å². The quantitative estimate of drug-likeness (QED) is 0.408. The van der Waals surface area contributed by atoms with E-state index in [0.29, 0.717) is 77.5 Å². The van der Waals surface area contributed by atoms with E-state index in [1.54, 1.807) is 6.92 Å². The monoisotopic (exact) mass is 387 g/mol. The summed E-state index contributed by atoms with van der Waals surface area (Å²) in [5, 5.41) is 2.97. The molecule has 0 spiro atoms. The van der Waals surface area contributed by atoms with E-state index >= 15 is 0 Å². The molecule has 0 aromatic rings. The summed E-state index contributed by atoms with van der Waals surface area (Å²) in [6.07, 6.45) is 4.32. The van der Waals surface area contributed by atoms with Crippen LogP contribution in [-0.4, -0.2) is 71.1 Å². The molecule has 0 heterocycles. The van der Waals surface area contributed by atoms with E-state index in [1.165, 1.54) is 0 Å². The van der Waals surface area contributed by atoms with Gasteiger partial charge in [-0.1, -0.05) is 0 Å². The van der Waals surface area contributed by atoms with E-state index in [2.05, 4.69) is 5.32 Å². The van der Waals surface area contributed by atoms with Crippen LogP contribution in [0.15, 0.2) is 0 Å². The summed E-state index contributed by atoms with van der Waals surface area (Å²) >= 11 is 0. The normalized spacial score (nSPS) is 19.8. The number of carbonyl (C=O) groups excluding carboxylic acids is 2. The van der Waals surface area contributed by atoms with Crippen LogP contribution in [0.5, 0.6) is 0 Å². The Morgan fingerprint density at radius 2 is 1.33 bits per heavy atom. The molecule has 1 amide bonds. The second-order valence-corrected chi connectivity index (χ2v) is 6.92. The van der Waals surface area contributed by atoms with Crippen LogP contribution < -0.4 is 5.32 Å². The van der Waals surface area contributed by atoms with Crippen LogP contribution in [0.2, 0.25) is 0 Å². The standard InChI is InChI=1S/C20H37NO6/c1-3-24-10-11-26-14-15-27-13-12-25-9-8-20(23)21-16-18-4-6-19(7-5-18)17(2)22/h18-19H,3-16H2,1-2H3,(H,21,23). The molecule has 0 aromatic heterocycles. The largest absolute Gasteiger partial charge is 0.379 e. The first-order valence-corrected chi connectivity index (χ1v) is 10.2.